The fraction of sp³-hybridized carbons (Fsp3) is 0.471. The summed E-state index contributed by atoms with van der Waals surface area (Å²) in [5.41, 5.74) is 0.578. The van der Waals surface area contributed by atoms with Gasteiger partial charge in [0.05, 0.1) is 11.8 Å². The minimum atomic E-state index is -0.951. The van der Waals surface area contributed by atoms with E-state index in [0.717, 1.165) is 0 Å². The molecule has 124 valence electrons. The van der Waals surface area contributed by atoms with Gasteiger partial charge in [-0.15, -0.1) is 0 Å². The minimum absolute atomic E-state index is 0.109. The molecule has 1 fully saturated rings. The van der Waals surface area contributed by atoms with Crippen molar-refractivity contribution < 1.29 is 19.5 Å². The topological polar surface area (TPSA) is 95.5 Å². The second kappa shape index (κ2) is 6.02. The number of rotatable bonds is 5. The molecule has 2 amide bonds. The van der Waals surface area contributed by atoms with E-state index in [2.05, 4.69) is 10.6 Å². The number of hydrogen-bond acceptors (Lipinski definition) is 3. The number of nitrogens with one attached hydrogen (secondary N) is 2. The van der Waals surface area contributed by atoms with Gasteiger partial charge in [0, 0.05) is 17.3 Å². The number of amides is 2. The standard InChI is InChI=1S/C17H22N2O4/c1-9(2)14(20)18-10-6-5-7-11(8-10)19-15(21)12-13(16(22)23)17(12,3)4/h5-9,12-13H,1-4H3,(H,18,20)(H,19,21)(H,22,23)/t12-,13+/m0/s1. The highest BCUT2D eigenvalue weighted by atomic mass is 16.4. The third-order valence-corrected chi connectivity index (χ3v) is 4.30. The number of carbonyl (C=O) groups excluding carboxylic acids is 2. The molecule has 23 heavy (non-hydrogen) atoms. The van der Waals surface area contributed by atoms with Crippen molar-refractivity contribution in [2.24, 2.45) is 23.2 Å². The molecule has 0 saturated heterocycles. The lowest BCUT2D eigenvalue weighted by atomic mass is 10.1. The van der Waals surface area contributed by atoms with Gasteiger partial charge in [0.15, 0.2) is 0 Å². The second-order valence-corrected chi connectivity index (χ2v) is 6.83. The molecule has 0 heterocycles. The third kappa shape index (κ3) is 3.52. The van der Waals surface area contributed by atoms with Crippen LogP contribution in [0.4, 0.5) is 11.4 Å². The van der Waals surface area contributed by atoms with Gasteiger partial charge >= 0.3 is 5.97 Å². The summed E-state index contributed by atoms with van der Waals surface area (Å²) < 4.78 is 0. The van der Waals surface area contributed by atoms with Crippen LogP contribution in [0.15, 0.2) is 24.3 Å². The maximum Gasteiger partial charge on any atom is 0.307 e. The first-order valence-electron chi connectivity index (χ1n) is 7.59. The molecule has 1 aromatic carbocycles. The summed E-state index contributed by atoms with van der Waals surface area (Å²) in [5.74, 6) is -2.72. The van der Waals surface area contributed by atoms with Gasteiger partial charge in [-0.1, -0.05) is 33.8 Å². The lowest BCUT2D eigenvalue weighted by Crippen LogP contribution is -2.19. The molecule has 1 aromatic rings. The van der Waals surface area contributed by atoms with Crippen LogP contribution in [-0.4, -0.2) is 22.9 Å². The quantitative estimate of drug-likeness (QED) is 0.777. The number of carboxylic acids is 1. The van der Waals surface area contributed by atoms with E-state index in [0.29, 0.717) is 11.4 Å². The lowest BCUT2D eigenvalue weighted by Gasteiger charge is -2.10. The fourth-order valence-electron chi connectivity index (χ4n) is 2.77. The second-order valence-electron chi connectivity index (χ2n) is 6.83. The molecule has 2 rings (SSSR count). The van der Waals surface area contributed by atoms with Crippen LogP contribution in [0.5, 0.6) is 0 Å². The Morgan fingerprint density at radius 3 is 2.13 bits per heavy atom. The average molecular weight is 318 g/mol. The Hall–Kier alpha value is -2.37. The molecule has 0 spiro atoms. The number of anilines is 2. The summed E-state index contributed by atoms with van der Waals surface area (Å²) in [6.45, 7) is 7.13. The summed E-state index contributed by atoms with van der Waals surface area (Å²) in [6.07, 6.45) is 0. The van der Waals surface area contributed by atoms with Gasteiger partial charge in [0.25, 0.3) is 0 Å². The van der Waals surface area contributed by atoms with Crippen LogP contribution in [0.2, 0.25) is 0 Å². The van der Waals surface area contributed by atoms with E-state index in [-0.39, 0.29) is 17.7 Å². The van der Waals surface area contributed by atoms with E-state index in [4.69, 9.17) is 5.11 Å². The smallest absolute Gasteiger partial charge is 0.307 e. The van der Waals surface area contributed by atoms with Gasteiger partial charge in [-0.25, -0.2) is 0 Å². The van der Waals surface area contributed by atoms with Crippen LogP contribution in [0.1, 0.15) is 27.7 Å². The van der Waals surface area contributed by atoms with Gasteiger partial charge < -0.3 is 15.7 Å². The molecule has 0 bridgehead atoms. The Bertz CT molecular complexity index is 652. The van der Waals surface area contributed by atoms with Crippen LogP contribution in [0.3, 0.4) is 0 Å². The third-order valence-electron chi connectivity index (χ3n) is 4.30. The fourth-order valence-corrected chi connectivity index (χ4v) is 2.77. The Balaban J connectivity index is 2.05. The number of carbonyl (C=O) groups is 3. The predicted molar refractivity (Wildman–Crippen MR) is 86.9 cm³/mol. The summed E-state index contributed by atoms with van der Waals surface area (Å²) in [5, 5.41) is 14.6. The van der Waals surface area contributed by atoms with E-state index in [9.17, 15) is 14.4 Å². The number of hydrogen-bond donors (Lipinski definition) is 3. The number of carboxylic acid groups (broad SMARTS) is 1. The van der Waals surface area contributed by atoms with Crippen LogP contribution in [0.25, 0.3) is 0 Å². The summed E-state index contributed by atoms with van der Waals surface area (Å²) in [6, 6.07) is 6.81. The van der Waals surface area contributed by atoms with Crippen molar-refractivity contribution in [2.75, 3.05) is 10.6 Å². The zero-order chi connectivity index (χ0) is 17.4. The van der Waals surface area contributed by atoms with E-state index < -0.39 is 23.2 Å². The largest absolute Gasteiger partial charge is 0.481 e. The van der Waals surface area contributed by atoms with Gasteiger partial charge in [-0.2, -0.15) is 0 Å². The average Bonchev–Trinajstić information content (AvgIpc) is 3.02. The van der Waals surface area contributed by atoms with Crippen molar-refractivity contribution in [3.8, 4) is 0 Å². The Kier molecular flexibility index (Phi) is 4.45. The summed E-state index contributed by atoms with van der Waals surface area (Å²) >= 11 is 0. The molecule has 1 saturated carbocycles. The van der Waals surface area contributed by atoms with E-state index >= 15 is 0 Å². The highest BCUT2D eigenvalue weighted by Crippen LogP contribution is 2.58. The molecule has 0 aromatic heterocycles. The molecule has 3 N–H and O–H groups in total. The Morgan fingerprint density at radius 2 is 1.65 bits per heavy atom. The van der Waals surface area contributed by atoms with Crippen LogP contribution >= 0.6 is 0 Å². The number of benzene rings is 1. The van der Waals surface area contributed by atoms with Crippen molar-refractivity contribution in [3.05, 3.63) is 24.3 Å². The predicted octanol–water partition coefficient (Wildman–Crippen LogP) is 2.58. The molecule has 6 nitrogen and oxygen atoms in total. The van der Waals surface area contributed by atoms with Crippen LogP contribution < -0.4 is 10.6 Å². The first kappa shape index (κ1) is 17.0. The molecular formula is C17H22N2O4. The lowest BCUT2D eigenvalue weighted by molar-refractivity contribution is -0.140. The monoisotopic (exact) mass is 318 g/mol. The van der Waals surface area contributed by atoms with Gasteiger partial charge in [-0.05, 0) is 23.6 Å². The van der Waals surface area contributed by atoms with Gasteiger partial charge in [-0.3, -0.25) is 14.4 Å². The molecule has 1 aliphatic rings. The maximum atomic E-state index is 12.3. The SMILES string of the molecule is CC(C)C(=O)Nc1cccc(NC(=O)[C@@H]2[C@H](C(=O)O)C2(C)C)c1. The normalized spacial score (nSPS) is 21.6. The van der Waals surface area contributed by atoms with Crippen molar-refractivity contribution in [1.82, 2.24) is 0 Å². The van der Waals surface area contributed by atoms with Crippen molar-refractivity contribution in [2.45, 2.75) is 27.7 Å². The maximum absolute atomic E-state index is 12.3. The highest BCUT2D eigenvalue weighted by Gasteiger charge is 2.65. The van der Waals surface area contributed by atoms with Crippen LogP contribution in [-0.2, 0) is 14.4 Å². The van der Waals surface area contributed by atoms with Crippen molar-refractivity contribution >= 4 is 29.2 Å². The summed E-state index contributed by atoms with van der Waals surface area (Å²) in [4.78, 5) is 35.1. The van der Waals surface area contributed by atoms with E-state index in [1.54, 1.807) is 52.0 Å². The highest BCUT2D eigenvalue weighted by molar-refractivity contribution is 6.00. The Morgan fingerprint density at radius 1 is 1.09 bits per heavy atom. The first-order chi connectivity index (χ1) is 10.6. The van der Waals surface area contributed by atoms with Crippen LogP contribution in [0, 0.1) is 23.2 Å². The molecule has 0 aliphatic heterocycles. The molecule has 6 heteroatoms. The van der Waals surface area contributed by atoms with Gasteiger partial charge in [0.1, 0.15) is 0 Å². The van der Waals surface area contributed by atoms with Crippen molar-refractivity contribution in [3.63, 3.8) is 0 Å². The number of aliphatic carboxylic acids is 1. The molecule has 0 radical (unpaired) electrons. The molecular weight excluding hydrogens is 296 g/mol. The Labute approximate surface area is 135 Å². The minimum Gasteiger partial charge on any atom is -0.481 e. The first-order valence-corrected chi connectivity index (χ1v) is 7.59. The zero-order valence-electron chi connectivity index (χ0n) is 13.7. The van der Waals surface area contributed by atoms with E-state index in [1.165, 1.54) is 0 Å². The van der Waals surface area contributed by atoms with E-state index in [1.807, 2.05) is 0 Å². The zero-order valence-corrected chi connectivity index (χ0v) is 13.7. The molecule has 2 atom stereocenters. The summed E-state index contributed by atoms with van der Waals surface area (Å²) in [7, 11) is 0. The molecule has 0 unspecified atom stereocenters. The molecule has 1 aliphatic carbocycles. The van der Waals surface area contributed by atoms with Gasteiger partial charge in [0.2, 0.25) is 11.8 Å². The van der Waals surface area contributed by atoms with Crippen molar-refractivity contribution in [1.29, 1.82) is 0 Å².